The van der Waals surface area contributed by atoms with Crippen LogP contribution in [0.5, 0.6) is 0 Å². The Balaban J connectivity index is 2.97. The smallest absolute Gasteiger partial charge is 0.335 e. The van der Waals surface area contributed by atoms with Gasteiger partial charge in [0.25, 0.3) is 0 Å². The Morgan fingerprint density at radius 3 is 2.44 bits per heavy atom. The van der Waals surface area contributed by atoms with Gasteiger partial charge in [0.1, 0.15) is 5.75 Å². The average molecular weight is 269 g/mol. The molecule has 0 aliphatic rings. The van der Waals surface area contributed by atoms with Gasteiger partial charge in [-0.25, -0.2) is 4.79 Å². The van der Waals surface area contributed by atoms with Crippen molar-refractivity contribution < 1.29 is 18.9 Å². The van der Waals surface area contributed by atoms with Crippen LogP contribution < -0.4 is 0 Å². The van der Waals surface area contributed by atoms with E-state index in [1.807, 2.05) is 0 Å². The predicted molar refractivity (Wildman–Crippen MR) is 68.1 cm³/mol. The lowest BCUT2D eigenvalue weighted by Gasteiger charge is -2.10. The number of carbonyl (C=O) groups is 2. The van der Waals surface area contributed by atoms with Crippen molar-refractivity contribution in [2.24, 2.45) is 0 Å². The molecule has 0 fully saturated rings. The zero-order valence-corrected chi connectivity index (χ0v) is 11.3. The van der Waals surface area contributed by atoms with Gasteiger partial charge < -0.3 is 10.0 Å². The molecule has 5 nitrogen and oxygen atoms in total. The molecule has 0 aliphatic carbocycles. The molecule has 1 aromatic rings. The summed E-state index contributed by atoms with van der Waals surface area (Å²) >= 11 is 0. The first-order valence-corrected chi connectivity index (χ1v) is 6.57. The van der Waals surface area contributed by atoms with Crippen molar-refractivity contribution in [3.8, 4) is 0 Å². The molecule has 98 valence electrons. The number of hydrogen-bond donors (Lipinski definition) is 1. The molecule has 6 heteroatoms. The molecule has 0 heterocycles. The minimum atomic E-state index is -1.52. The molecule has 0 aliphatic heterocycles. The van der Waals surface area contributed by atoms with Crippen LogP contribution in [0.2, 0.25) is 0 Å². The molecule has 18 heavy (non-hydrogen) atoms. The third-order valence-corrected chi connectivity index (χ3v) is 3.74. The van der Waals surface area contributed by atoms with E-state index in [0.29, 0.717) is 10.5 Å². The summed E-state index contributed by atoms with van der Waals surface area (Å²) in [4.78, 5) is 24.1. The fourth-order valence-electron chi connectivity index (χ4n) is 1.30. The fourth-order valence-corrected chi connectivity index (χ4v) is 2.42. The quantitative estimate of drug-likeness (QED) is 0.881. The lowest BCUT2D eigenvalue weighted by Crippen LogP contribution is -2.27. The van der Waals surface area contributed by atoms with Crippen LogP contribution in [0.3, 0.4) is 0 Å². The van der Waals surface area contributed by atoms with Gasteiger partial charge in [0, 0.05) is 19.0 Å². The first-order chi connectivity index (χ1) is 8.32. The van der Waals surface area contributed by atoms with Gasteiger partial charge in [-0.15, -0.1) is 0 Å². The van der Waals surface area contributed by atoms with E-state index in [4.69, 9.17) is 5.11 Å². The Morgan fingerprint density at radius 1 is 1.33 bits per heavy atom. The van der Waals surface area contributed by atoms with Gasteiger partial charge in [0.15, 0.2) is 0 Å². The fraction of sp³-hybridized carbons (Fsp3) is 0.333. The second kappa shape index (κ2) is 5.77. The summed E-state index contributed by atoms with van der Waals surface area (Å²) in [6, 6.07) is 4.54. The maximum atomic E-state index is 11.9. The van der Waals surface area contributed by atoms with Gasteiger partial charge in [0.05, 0.1) is 16.4 Å². The molecule has 0 aromatic heterocycles. The highest BCUT2D eigenvalue weighted by atomic mass is 32.2. The molecule has 0 spiro atoms. The van der Waals surface area contributed by atoms with E-state index in [0.717, 1.165) is 0 Å². The molecule has 1 aromatic carbocycles. The van der Waals surface area contributed by atoms with Crippen molar-refractivity contribution in [2.45, 2.75) is 11.8 Å². The summed E-state index contributed by atoms with van der Waals surface area (Å²) < 4.78 is 11.9. The van der Waals surface area contributed by atoms with E-state index >= 15 is 0 Å². The van der Waals surface area contributed by atoms with Crippen LogP contribution in [-0.4, -0.2) is 45.9 Å². The van der Waals surface area contributed by atoms with Crippen LogP contribution in [-0.2, 0) is 15.6 Å². The van der Waals surface area contributed by atoms with E-state index in [2.05, 4.69) is 0 Å². The normalized spacial score (nSPS) is 11.9. The molecule has 0 saturated carbocycles. The van der Waals surface area contributed by atoms with Crippen molar-refractivity contribution in [2.75, 3.05) is 19.8 Å². The maximum absolute atomic E-state index is 11.9. The number of carboxylic acids is 1. The number of nitrogens with zero attached hydrogens (tertiary/aromatic N) is 1. The second-order valence-electron chi connectivity index (χ2n) is 4.06. The predicted octanol–water partition coefficient (Wildman–Crippen LogP) is 0.889. The van der Waals surface area contributed by atoms with Crippen molar-refractivity contribution in [1.29, 1.82) is 0 Å². The number of carboxylic acid groups (broad SMARTS) is 1. The monoisotopic (exact) mass is 269 g/mol. The highest BCUT2D eigenvalue weighted by Crippen LogP contribution is 2.14. The standard InChI is InChI=1S/C12H15NO4S/c1-8-4-5-9(6-10(8)12(15)16)18(17)7-11(14)13(2)3/h4-6H,7H2,1-3H3,(H,15,16). The first-order valence-electron chi connectivity index (χ1n) is 5.25. The lowest BCUT2D eigenvalue weighted by molar-refractivity contribution is -0.125. The minimum absolute atomic E-state index is 0.109. The largest absolute Gasteiger partial charge is 0.478 e. The number of benzene rings is 1. The summed E-state index contributed by atoms with van der Waals surface area (Å²) in [5.74, 6) is -1.47. The van der Waals surface area contributed by atoms with E-state index in [1.165, 1.54) is 11.0 Å². The van der Waals surface area contributed by atoms with Crippen LogP contribution in [0.1, 0.15) is 15.9 Å². The Kier molecular flexibility index (Phi) is 4.61. The molecule has 1 amide bonds. The Hall–Kier alpha value is -1.69. The first kappa shape index (κ1) is 14.4. The molecule has 1 atom stereocenters. The zero-order chi connectivity index (χ0) is 13.9. The van der Waals surface area contributed by atoms with Crippen LogP contribution >= 0.6 is 0 Å². The third kappa shape index (κ3) is 3.40. The zero-order valence-electron chi connectivity index (χ0n) is 10.5. The Labute approximate surface area is 108 Å². The number of carbonyl (C=O) groups excluding carboxylic acids is 1. The van der Waals surface area contributed by atoms with Crippen LogP contribution in [0, 0.1) is 6.92 Å². The van der Waals surface area contributed by atoms with Crippen molar-refractivity contribution in [3.05, 3.63) is 29.3 Å². The van der Waals surface area contributed by atoms with Gasteiger partial charge in [-0.3, -0.25) is 9.00 Å². The van der Waals surface area contributed by atoms with Gasteiger partial charge in [-0.2, -0.15) is 0 Å². The van der Waals surface area contributed by atoms with Crippen LogP contribution in [0.4, 0.5) is 0 Å². The summed E-state index contributed by atoms with van der Waals surface area (Å²) in [5.41, 5.74) is 0.709. The number of rotatable bonds is 4. The van der Waals surface area contributed by atoms with Gasteiger partial charge in [0.2, 0.25) is 5.91 Å². The molecule has 1 unspecified atom stereocenters. The summed E-state index contributed by atoms with van der Waals surface area (Å²) in [5, 5.41) is 8.97. The molecule has 1 N–H and O–H groups in total. The Bertz CT molecular complexity index is 511. The molecule has 0 bridgehead atoms. The molecule has 1 rings (SSSR count). The molecular formula is C12H15NO4S. The number of amides is 1. The number of aromatic carboxylic acids is 1. The summed E-state index contributed by atoms with van der Waals surface area (Å²) in [6.07, 6.45) is 0. The average Bonchev–Trinajstić information content (AvgIpc) is 2.28. The second-order valence-corrected chi connectivity index (χ2v) is 5.51. The maximum Gasteiger partial charge on any atom is 0.335 e. The lowest BCUT2D eigenvalue weighted by atomic mass is 10.1. The number of hydrogen-bond acceptors (Lipinski definition) is 3. The van der Waals surface area contributed by atoms with Gasteiger partial charge in [-0.05, 0) is 24.6 Å². The molecule has 0 radical (unpaired) electrons. The molecular weight excluding hydrogens is 254 g/mol. The molecule has 0 saturated heterocycles. The van der Waals surface area contributed by atoms with Crippen molar-refractivity contribution in [3.63, 3.8) is 0 Å². The van der Waals surface area contributed by atoms with E-state index in [9.17, 15) is 13.8 Å². The van der Waals surface area contributed by atoms with E-state index < -0.39 is 16.8 Å². The van der Waals surface area contributed by atoms with E-state index in [1.54, 1.807) is 33.2 Å². The van der Waals surface area contributed by atoms with Crippen LogP contribution in [0.25, 0.3) is 0 Å². The highest BCUT2D eigenvalue weighted by Gasteiger charge is 2.15. The minimum Gasteiger partial charge on any atom is -0.478 e. The topological polar surface area (TPSA) is 74.7 Å². The van der Waals surface area contributed by atoms with Gasteiger partial charge >= 0.3 is 5.97 Å². The third-order valence-electron chi connectivity index (χ3n) is 2.46. The Morgan fingerprint density at radius 2 is 1.94 bits per heavy atom. The van der Waals surface area contributed by atoms with Crippen molar-refractivity contribution >= 4 is 22.7 Å². The number of aryl methyl sites for hydroxylation is 1. The summed E-state index contributed by atoms with van der Waals surface area (Å²) in [7, 11) is 1.64. The van der Waals surface area contributed by atoms with Crippen molar-refractivity contribution in [1.82, 2.24) is 4.90 Å². The SMILES string of the molecule is Cc1ccc(S(=O)CC(=O)N(C)C)cc1C(=O)O. The van der Waals surface area contributed by atoms with Crippen LogP contribution in [0.15, 0.2) is 23.1 Å². The summed E-state index contributed by atoms with van der Waals surface area (Å²) in [6.45, 7) is 1.67. The van der Waals surface area contributed by atoms with E-state index in [-0.39, 0.29) is 17.2 Å². The highest BCUT2D eigenvalue weighted by molar-refractivity contribution is 7.85. The van der Waals surface area contributed by atoms with Gasteiger partial charge in [-0.1, -0.05) is 6.07 Å².